The number of carbonyl (C=O) groups is 6. The number of rotatable bonds is 14. The predicted molar refractivity (Wildman–Crippen MR) is 374 cm³/mol. The van der Waals surface area contributed by atoms with Gasteiger partial charge in [0.25, 0.3) is 28.5 Å². The molecule has 3 aliphatic carbocycles. The van der Waals surface area contributed by atoms with Crippen LogP contribution >= 0.6 is 23.4 Å². The first-order chi connectivity index (χ1) is 47.8. The molecule has 3 unspecified atom stereocenters. The molecule has 3 atom stereocenters. The normalized spacial score (nSPS) is 16.6. The van der Waals surface area contributed by atoms with Gasteiger partial charge in [-0.05, 0) is 186 Å². The molecule has 0 spiro atoms. The summed E-state index contributed by atoms with van der Waals surface area (Å²) in [7, 11) is 0. The van der Waals surface area contributed by atoms with Crippen LogP contribution in [0.2, 0.25) is 5.02 Å². The van der Waals surface area contributed by atoms with Gasteiger partial charge in [-0.15, -0.1) is 0 Å². The Kier molecular flexibility index (Phi) is 22.4. The van der Waals surface area contributed by atoms with Crippen LogP contribution in [0.3, 0.4) is 0 Å². The summed E-state index contributed by atoms with van der Waals surface area (Å²) in [4.78, 5) is 130. The molecule has 101 heavy (non-hydrogen) atoms. The summed E-state index contributed by atoms with van der Waals surface area (Å²) in [6, 6.07) is 28.3. The van der Waals surface area contributed by atoms with E-state index in [1.54, 1.807) is 81.4 Å². The monoisotopic (exact) mass is 1420 g/mol. The van der Waals surface area contributed by atoms with Gasteiger partial charge in [0.05, 0.1) is 56.4 Å². The number of ketones is 4. The largest absolute Gasteiger partial charge is 0.446 e. The standard InChI is InChI=1S/C26H25ClN2O3.C25H22F3N3O3S.C25H22F3N3O3/c1-15-7-11-22(24(31)13-15)29-17(3)28-21-6-4-5-18(25(21)26(29)32)9-12-23(30)19-8-10-20(27)16(2)14-19;1-14-6-11-20(21(32)12-14)31-15(2)30-19-5-3-4-17(22(19)24(31)34)13-29-23(33)16-7-9-18(10-8-16)35-25(26,27)28;1-14-9-10-20(21(32)11-14)31-15(2)30-19-8-4-6-17(22(19)24(31)34)13-29-23(33)16-5-3-7-18(12-16)25(26,27)28/h4-6,8,10,14,22H,1,7,9,11-13H2,2-3H3;3-5,7-10,20H,1,6,11-13H2,2H3,(H,29,33);3-8,12,20H,1,9-11,13H2,2H3,(H,29,33). The van der Waals surface area contributed by atoms with Gasteiger partial charge in [0.15, 0.2) is 23.1 Å². The molecule has 522 valence electrons. The zero-order chi connectivity index (χ0) is 72.9. The summed E-state index contributed by atoms with van der Waals surface area (Å²) in [6.07, 6.45) is 0.340. The van der Waals surface area contributed by atoms with E-state index in [-0.39, 0.29) is 99.8 Å². The lowest BCUT2D eigenvalue weighted by atomic mass is 9.90. The molecule has 3 fully saturated rings. The minimum atomic E-state index is -4.57. The Hall–Kier alpha value is -10.2. The van der Waals surface area contributed by atoms with Gasteiger partial charge in [-0.1, -0.05) is 90.5 Å². The van der Waals surface area contributed by atoms with Gasteiger partial charge in [0, 0.05) is 65.4 Å². The Labute approximate surface area is 584 Å². The number of nitrogens with one attached hydrogen (secondary N) is 2. The van der Waals surface area contributed by atoms with E-state index in [9.17, 15) is 69.5 Å². The van der Waals surface area contributed by atoms with Crippen LogP contribution in [0.15, 0.2) is 177 Å². The number of amides is 2. The van der Waals surface area contributed by atoms with Crippen LogP contribution < -0.4 is 27.3 Å². The number of allylic oxidation sites excluding steroid dienone is 3. The fraction of sp³-hybridized carbons (Fsp3) is 0.289. The average molecular weight is 1420 g/mol. The third-order valence-electron chi connectivity index (χ3n) is 18.0. The van der Waals surface area contributed by atoms with Gasteiger partial charge < -0.3 is 10.6 Å². The molecule has 3 aromatic heterocycles. The molecule has 3 aliphatic rings. The summed E-state index contributed by atoms with van der Waals surface area (Å²) >= 11 is 5.81. The summed E-state index contributed by atoms with van der Waals surface area (Å²) in [6.45, 7) is 18.5. The first-order valence-corrected chi connectivity index (χ1v) is 33.5. The number of Topliss-reactive ketones (excluding diaryl/α,β-unsaturated/α-hetero) is 4. The van der Waals surface area contributed by atoms with E-state index in [2.05, 4.69) is 45.3 Å². The molecular weight excluding hydrogens is 1350 g/mol. The number of hydrogen-bond donors (Lipinski definition) is 2. The van der Waals surface area contributed by atoms with Crippen molar-refractivity contribution >= 4 is 91.0 Å². The van der Waals surface area contributed by atoms with E-state index in [1.807, 2.05) is 19.1 Å². The molecule has 17 nitrogen and oxygen atoms in total. The number of fused-ring (bicyclic) bond motifs is 3. The minimum Gasteiger partial charge on any atom is -0.348 e. The van der Waals surface area contributed by atoms with Crippen molar-refractivity contribution in [3.05, 3.63) is 256 Å². The molecule has 2 amide bonds. The SMILES string of the molecule is C=C1CCC(n2c(C)nc3cccc(CCC(=O)c4ccc(Cl)c(C)c4)c3c2=O)C(=O)C1.C=C1CCC(n2c(C)nc3cccc(CNC(=O)c4ccc(SC(F)(F)F)cc4)c3c2=O)C(=O)C1.C=C1CCC(n2c(C)nc3cccc(CNC(=O)c4cccc(C(F)(F)F)c4)c3c2=O)C(=O)C1. The number of thioether (sulfide) groups is 1. The number of carbonyl (C=O) groups excluding carboxylic acids is 6. The number of nitrogens with zero attached hydrogens (tertiary/aromatic N) is 6. The molecule has 0 bridgehead atoms. The smallest absolute Gasteiger partial charge is 0.348 e. The molecule has 12 rings (SSSR count). The Bertz CT molecular complexity index is 5080. The lowest BCUT2D eigenvalue weighted by molar-refractivity contribution is -0.137. The first-order valence-electron chi connectivity index (χ1n) is 32.3. The van der Waals surface area contributed by atoms with Gasteiger partial charge in [-0.3, -0.25) is 56.9 Å². The van der Waals surface area contributed by atoms with Crippen molar-refractivity contribution in [1.29, 1.82) is 0 Å². The van der Waals surface area contributed by atoms with E-state index in [0.29, 0.717) is 111 Å². The highest BCUT2D eigenvalue weighted by molar-refractivity contribution is 8.00. The minimum absolute atomic E-state index is 0.00151. The van der Waals surface area contributed by atoms with E-state index in [0.717, 1.165) is 52.5 Å². The second-order valence-electron chi connectivity index (χ2n) is 25.2. The average Bonchev–Trinajstić information content (AvgIpc) is 0.773. The van der Waals surface area contributed by atoms with Crippen LogP contribution in [0, 0.1) is 27.7 Å². The molecule has 2 N–H and O–H groups in total. The highest BCUT2D eigenvalue weighted by Gasteiger charge is 2.34. The fourth-order valence-electron chi connectivity index (χ4n) is 13.0. The second kappa shape index (κ2) is 30.7. The quantitative estimate of drug-likeness (QED) is 0.0447. The maximum atomic E-state index is 13.5. The third-order valence-corrected chi connectivity index (χ3v) is 19.2. The zero-order valence-electron chi connectivity index (χ0n) is 55.5. The van der Waals surface area contributed by atoms with E-state index < -0.39 is 52.7 Å². The molecule has 9 aromatic rings. The van der Waals surface area contributed by atoms with Crippen LogP contribution in [-0.4, -0.2) is 69.1 Å². The summed E-state index contributed by atoms with van der Waals surface area (Å²) in [5.74, 6) is -0.0144. The van der Waals surface area contributed by atoms with Gasteiger partial charge in [-0.2, -0.15) is 26.3 Å². The van der Waals surface area contributed by atoms with Crippen LogP contribution in [0.25, 0.3) is 32.7 Å². The van der Waals surface area contributed by atoms with Crippen molar-refractivity contribution in [2.45, 2.75) is 146 Å². The molecule has 6 aromatic carbocycles. The van der Waals surface area contributed by atoms with Crippen molar-refractivity contribution in [1.82, 2.24) is 39.3 Å². The Morgan fingerprint density at radius 1 is 0.515 bits per heavy atom. The van der Waals surface area contributed by atoms with Crippen LogP contribution in [0.4, 0.5) is 26.3 Å². The number of hydrogen-bond acceptors (Lipinski definition) is 13. The maximum Gasteiger partial charge on any atom is 0.446 e. The number of aromatic nitrogens is 6. The maximum absolute atomic E-state index is 13.5. The number of alkyl halides is 6. The highest BCUT2D eigenvalue weighted by atomic mass is 35.5. The molecule has 3 heterocycles. The van der Waals surface area contributed by atoms with Crippen LogP contribution in [0.1, 0.15) is 159 Å². The van der Waals surface area contributed by atoms with E-state index in [1.165, 1.54) is 44.0 Å². The van der Waals surface area contributed by atoms with Crippen LogP contribution in [-0.2, 0) is 40.1 Å². The van der Waals surface area contributed by atoms with Gasteiger partial charge in [0.2, 0.25) is 0 Å². The summed E-state index contributed by atoms with van der Waals surface area (Å²) < 4.78 is 80.8. The lowest BCUT2D eigenvalue weighted by Crippen LogP contribution is -2.35. The van der Waals surface area contributed by atoms with Crippen molar-refractivity contribution in [2.24, 2.45) is 0 Å². The Balaban J connectivity index is 0.000000164. The molecule has 0 radical (unpaired) electrons. The highest BCUT2D eigenvalue weighted by Crippen LogP contribution is 2.38. The number of aryl methyl sites for hydroxylation is 5. The molecule has 0 aliphatic heterocycles. The fourth-order valence-corrected chi connectivity index (χ4v) is 13.6. The van der Waals surface area contributed by atoms with Crippen molar-refractivity contribution in [2.75, 3.05) is 0 Å². The molecule has 25 heteroatoms. The van der Waals surface area contributed by atoms with E-state index in [4.69, 9.17) is 11.6 Å². The van der Waals surface area contributed by atoms with Crippen molar-refractivity contribution in [3.8, 4) is 0 Å². The van der Waals surface area contributed by atoms with Gasteiger partial charge >= 0.3 is 11.7 Å². The van der Waals surface area contributed by atoms with Gasteiger partial charge in [-0.25, -0.2) is 15.0 Å². The predicted octanol–water partition coefficient (Wildman–Crippen LogP) is 14.9. The van der Waals surface area contributed by atoms with Crippen molar-refractivity contribution in [3.63, 3.8) is 0 Å². The number of halogens is 7. The number of benzene rings is 6. The third kappa shape index (κ3) is 17.0. The molecule has 0 saturated heterocycles. The van der Waals surface area contributed by atoms with Crippen LogP contribution in [0.5, 0.6) is 0 Å². The van der Waals surface area contributed by atoms with Gasteiger partial charge in [0.1, 0.15) is 17.5 Å². The van der Waals surface area contributed by atoms with E-state index >= 15 is 0 Å². The Morgan fingerprint density at radius 3 is 1.32 bits per heavy atom. The zero-order valence-corrected chi connectivity index (χ0v) is 57.1. The Morgan fingerprint density at radius 2 is 0.911 bits per heavy atom. The summed E-state index contributed by atoms with van der Waals surface area (Å²) in [5, 5.41) is 6.97. The molecular formula is C76H69ClF6N8O9S. The summed E-state index contributed by atoms with van der Waals surface area (Å²) in [5.41, 5.74) is 0.995. The topological polar surface area (TPSA) is 231 Å². The second-order valence-corrected chi connectivity index (χ2v) is 26.7. The molecule has 3 saturated carbocycles. The first kappa shape index (κ1) is 73.5. The lowest BCUT2D eigenvalue weighted by Gasteiger charge is -2.26. The van der Waals surface area contributed by atoms with Crippen molar-refractivity contribution < 1.29 is 55.1 Å².